The molecule has 1 heterocycles. The predicted octanol–water partition coefficient (Wildman–Crippen LogP) is -1.39. The van der Waals surface area contributed by atoms with Gasteiger partial charge in [0.15, 0.2) is 0 Å². The molecule has 0 saturated heterocycles. The van der Waals surface area contributed by atoms with Gasteiger partial charge in [-0.2, -0.15) is 0 Å². The van der Waals surface area contributed by atoms with Crippen LogP contribution in [0.1, 0.15) is 16.1 Å². The van der Waals surface area contributed by atoms with Crippen molar-refractivity contribution in [2.75, 3.05) is 13.1 Å². The quantitative estimate of drug-likeness (QED) is 0.557. The first-order valence-corrected chi connectivity index (χ1v) is 4.85. The van der Waals surface area contributed by atoms with E-state index in [9.17, 15) is 9.59 Å². The van der Waals surface area contributed by atoms with E-state index in [0.29, 0.717) is 5.56 Å². The Labute approximate surface area is 98.4 Å². The van der Waals surface area contributed by atoms with Crippen molar-refractivity contribution in [3.63, 3.8) is 0 Å². The highest BCUT2D eigenvalue weighted by Crippen LogP contribution is 2.03. The number of carbonyl (C=O) groups is 2. The van der Waals surface area contributed by atoms with Gasteiger partial charge in [0.25, 0.3) is 5.91 Å². The molecule has 88 valence electrons. The van der Waals surface area contributed by atoms with E-state index in [1.54, 1.807) is 12.1 Å². The number of nitrogens with zero attached hydrogens (tertiary/aromatic N) is 1. The third-order valence-corrected chi connectivity index (χ3v) is 1.77. The molecule has 0 fully saturated rings. The lowest BCUT2D eigenvalue weighted by molar-refractivity contribution is -0.117. The maximum Gasteiger partial charge on any atom is 0.271 e. The Morgan fingerprint density at radius 2 is 2.24 bits per heavy atom. The minimum Gasteiger partial charge on any atom is -0.368 e. The standard InChI is InChI=1S/C11H12N4O2/c12-5-1-3-8-4-2-6-14-10(8)11(17)15-7-9(13)16/h2,4,6H,5,7,12H2,(H2,13,16)(H,15,17). The van der Waals surface area contributed by atoms with E-state index < -0.39 is 11.8 Å². The van der Waals surface area contributed by atoms with Crippen molar-refractivity contribution in [2.24, 2.45) is 11.5 Å². The molecule has 6 nitrogen and oxygen atoms in total. The normalized spacial score (nSPS) is 9.00. The van der Waals surface area contributed by atoms with Gasteiger partial charge in [0, 0.05) is 6.20 Å². The van der Waals surface area contributed by atoms with Gasteiger partial charge in [-0.05, 0) is 12.1 Å². The molecule has 0 unspecified atom stereocenters. The van der Waals surface area contributed by atoms with Crippen molar-refractivity contribution in [3.8, 4) is 11.8 Å². The summed E-state index contributed by atoms with van der Waals surface area (Å²) in [7, 11) is 0. The molecule has 0 saturated carbocycles. The summed E-state index contributed by atoms with van der Waals surface area (Å²) >= 11 is 0. The molecule has 6 heteroatoms. The van der Waals surface area contributed by atoms with Crippen molar-refractivity contribution in [1.29, 1.82) is 0 Å². The van der Waals surface area contributed by atoms with E-state index in [2.05, 4.69) is 22.1 Å². The van der Waals surface area contributed by atoms with E-state index in [0.717, 1.165) is 0 Å². The average molecular weight is 232 g/mol. The maximum atomic E-state index is 11.7. The fourth-order valence-corrected chi connectivity index (χ4v) is 1.08. The van der Waals surface area contributed by atoms with Gasteiger partial charge in [0.05, 0.1) is 18.7 Å². The molecule has 2 amide bonds. The highest BCUT2D eigenvalue weighted by atomic mass is 16.2. The third-order valence-electron chi connectivity index (χ3n) is 1.77. The van der Waals surface area contributed by atoms with Crippen LogP contribution in [0, 0.1) is 11.8 Å². The second-order valence-corrected chi connectivity index (χ2v) is 3.05. The van der Waals surface area contributed by atoms with Crippen molar-refractivity contribution < 1.29 is 9.59 Å². The number of hydrogen-bond acceptors (Lipinski definition) is 4. The Hall–Kier alpha value is -2.39. The van der Waals surface area contributed by atoms with Crippen molar-refractivity contribution in [2.45, 2.75) is 0 Å². The number of nitrogens with two attached hydrogens (primary N) is 2. The SMILES string of the molecule is NCC#Cc1cccnc1C(=O)NCC(N)=O. The lowest BCUT2D eigenvalue weighted by atomic mass is 10.2. The largest absolute Gasteiger partial charge is 0.368 e. The zero-order valence-corrected chi connectivity index (χ0v) is 9.06. The van der Waals surface area contributed by atoms with Crippen LogP contribution in [0.4, 0.5) is 0 Å². The molecule has 0 aliphatic rings. The van der Waals surface area contributed by atoms with Crippen LogP contribution in [-0.2, 0) is 4.79 Å². The van der Waals surface area contributed by atoms with Crippen molar-refractivity contribution in [1.82, 2.24) is 10.3 Å². The summed E-state index contributed by atoms with van der Waals surface area (Å²) < 4.78 is 0. The molecule has 0 aliphatic heterocycles. The number of amides is 2. The molecule has 0 radical (unpaired) electrons. The summed E-state index contributed by atoms with van der Waals surface area (Å²) in [4.78, 5) is 26.1. The summed E-state index contributed by atoms with van der Waals surface area (Å²) in [5.41, 5.74) is 10.8. The Bertz CT molecular complexity index is 488. The Morgan fingerprint density at radius 1 is 1.47 bits per heavy atom. The highest BCUT2D eigenvalue weighted by Gasteiger charge is 2.11. The first kappa shape index (κ1) is 12.7. The molecule has 0 atom stereocenters. The molecular weight excluding hydrogens is 220 g/mol. The maximum absolute atomic E-state index is 11.7. The summed E-state index contributed by atoms with van der Waals surface area (Å²) in [6.07, 6.45) is 1.47. The second kappa shape index (κ2) is 6.25. The molecule has 0 aromatic carbocycles. The van der Waals surface area contributed by atoms with Crippen LogP contribution in [0.2, 0.25) is 0 Å². The predicted molar refractivity (Wildman–Crippen MR) is 61.7 cm³/mol. The molecule has 0 aliphatic carbocycles. The van der Waals surface area contributed by atoms with Crippen LogP contribution in [0.3, 0.4) is 0 Å². The zero-order valence-electron chi connectivity index (χ0n) is 9.06. The average Bonchev–Trinajstić information content (AvgIpc) is 2.33. The van der Waals surface area contributed by atoms with Crippen LogP contribution >= 0.6 is 0 Å². The van der Waals surface area contributed by atoms with E-state index in [-0.39, 0.29) is 18.8 Å². The number of hydrogen-bond donors (Lipinski definition) is 3. The van der Waals surface area contributed by atoms with E-state index in [4.69, 9.17) is 11.5 Å². The van der Waals surface area contributed by atoms with Crippen LogP contribution in [-0.4, -0.2) is 29.9 Å². The topological polar surface area (TPSA) is 111 Å². The molecule has 0 bridgehead atoms. The van der Waals surface area contributed by atoms with Crippen LogP contribution in [0.25, 0.3) is 0 Å². The van der Waals surface area contributed by atoms with E-state index in [1.807, 2.05) is 0 Å². The number of nitrogens with one attached hydrogen (secondary N) is 1. The minimum atomic E-state index is -0.621. The monoisotopic (exact) mass is 232 g/mol. The first-order valence-electron chi connectivity index (χ1n) is 4.85. The summed E-state index contributed by atoms with van der Waals surface area (Å²) in [6.45, 7) is -0.0452. The van der Waals surface area contributed by atoms with Crippen molar-refractivity contribution in [3.05, 3.63) is 29.6 Å². The molecule has 1 aromatic rings. The summed E-state index contributed by atoms with van der Waals surface area (Å²) in [5.74, 6) is 4.24. The molecule has 0 spiro atoms. The summed E-state index contributed by atoms with van der Waals surface area (Å²) in [6, 6.07) is 3.31. The van der Waals surface area contributed by atoms with Crippen molar-refractivity contribution >= 4 is 11.8 Å². The molecule has 17 heavy (non-hydrogen) atoms. The molecular formula is C11H12N4O2. The fraction of sp³-hybridized carbons (Fsp3) is 0.182. The number of aromatic nitrogens is 1. The van der Waals surface area contributed by atoms with Crippen LogP contribution in [0.15, 0.2) is 18.3 Å². The first-order chi connectivity index (χ1) is 8.15. The summed E-state index contributed by atoms with van der Waals surface area (Å²) in [5, 5.41) is 2.34. The van der Waals surface area contributed by atoms with Gasteiger partial charge in [0.2, 0.25) is 5.91 Å². The lowest BCUT2D eigenvalue weighted by Gasteiger charge is -2.03. The van der Waals surface area contributed by atoms with Crippen LogP contribution in [0.5, 0.6) is 0 Å². The van der Waals surface area contributed by atoms with E-state index in [1.165, 1.54) is 6.20 Å². The molecule has 1 rings (SSSR count). The van der Waals surface area contributed by atoms with Gasteiger partial charge in [-0.15, -0.1) is 0 Å². The number of carbonyl (C=O) groups excluding carboxylic acids is 2. The van der Waals surface area contributed by atoms with Gasteiger partial charge in [0.1, 0.15) is 5.69 Å². The highest BCUT2D eigenvalue weighted by molar-refractivity contribution is 5.96. The smallest absolute Gasteiger partial charge is 0.271 e. The minimum absolute atomic E-state index is 0.148. The number of rotatable bonds is 3. The van der Waals surface area contributed by atoms with Gasteiger partial charge in [-0.25, -0.2) is 4.98 Å². The second-order valence-electron chi connectivity index (χ2n) is 3.05. The number of pyridine rings is 1. The zero-order chi connectivity index (χ0) is 12.7. The Morgan fingerprint density at radius 3 is 2.88 bits per heavy atom. The number of primary amides is 1. The van der Waals surface area contributed by atoms with Crippen LogP contribution < -0.4 is 16.8 Å². The van der Waals surface area contributed by atoms with Gasteiger partial charge in [-0.3, -0.25) is 9.59 Å². The Balaban J connectivity index is 2.89. The Kier molecular flexibility index (Phi) is 4.66. The lowest BCUT2D eigenvalue weighted by Crippen LogP contribution is -2.34. The third kappa shape index (κ3) is 3.93. The van der Waals surface area contributed by atoms with Gasteiger partial charge in [-0.1, -0.05) is 11.8 Å². The van der Waals surface area contributed by atoms with E-state index >= 15 is 0 Å². The van der Waals surface area contributed by atoms with Gasteiger partial charge < -0.3 is 16.8 Å². The molecule has 1 aromatic heterocycles. The fourth-order valence-electron chi connectivity index (χ4n) is 1.08. The molecule has 5 N–H and O–H groups in total. The van der Waals surface area contributed by atoms with Gasteiger partial charge >= 0.3 is 0 Å².